The Morgan fingerprint density at radius 3 is 2.91 bits per heavy atom. The van der Waals surface area contributed by atoms with Crippen molar-refractivity contribution in [3.8, 4) is 0 Å². The van der Waals surface area contributed by atoms with E-state index < -0.39 is 0 Å². The van der Waals surface area contributed by atoms with Crippen LogP contribution in [0.2, 0.25) is 10.0 Å². The average Bonchev–Trinajstić information content (AvgIpc) is 3.05. The molecule has 1 aromatic heterocycles. The van der Waals surface area contributed by atoms with Crippen LogP contribution >= 0.6 is 23.2 Å². The number of rotatable bonds is 5. The van der Waals surface area contributed by atoms with Crippen LogP contribution in [-0.2, 0) is 6.54 Å². The van der Waals surface area contributed by atoms with Gasteiger partial charge in [-0.2, -0.15) is 0 Å². The van der Waals surface area contributed by atoms with Crippen molar-refractivity contribution in [2.45, 2.75) is 18.9 Å². The Labute approximate surface area is 138 Å². The number of nitrogens with one attached hydrogen (secondary N) is 2. The summed E-state index contributed by atoms with van der Waals surface area (Å²) in [5.41, 5.74) is 1.79. The van der Waals surface area contributed by atoms with E-state index in [9.17, 15) is 4.79 Å². The van der Waals surface area contributed by atoms with E-state index in [1.165, 1.54) is 6.26 Å². The second-order valence-electron chi connectivity index (χ2n) is 5.32. The minimum atomic E-state index is -0.212. The Hall–Kier alpha value is -1.72. The molecule has 0 bridgehead atoms. The molecule has 0 unspecified atom stereocenters. The van der Waals surface area contributed by atoms with Crippen molar-refractivity contribution in [3.63, 3.8) is 0 Å². The molecule has 0 saturated heterocycles. The van der Waals surface area contributed by atoms with E-state index >= 15 is 0 Å². The largest absolute Gasteiger partial charge is 0.364 e. The van der Waals surface area contributed by atoms with E-state index in [0.29, 0.717) is 40.7 Å². The molecule has 22 heavy (non-hydrogen) atoms. The quantitative estimate of drug-likeness (QED) is 0.874. The zero-order chi connectivity index (χ0) is 15.5. The summed E-state index contributed by atoms with van der Waals surface area (Å²) in [6, 6.07) is 7.05. The first-order valence-electron chi connectivity index (χ1n) is 6.99. The van der Waals surface area contributed by atoms with Gasteiger partial charge in [0.2, 0.25) is 0 Å². The third-order valence-electron chi connectivity index (χ3n) is 3.73. The molecule has 0 spiro atoms. The van der Waals surface area contributed by atoms with E-state index in [2.05, 4.69) is 15.8 Å². The Bertz CT molecular complexity index is 661. The Morgan fingerprint density at radius 1 is 1.32 bits per heavy atom. The number of hydrogen-bond donors (Lipinski definition) is 2. The molecule has 1 heterocycles. The van der Waals surface area contributed by atoms with Crippen LogP contribution in [0.5, 0.6) is 0 Å². The lowest BCUT2D eigenvalue weighted by atomic mass is 10.1. The molecule has 2 aromatic rings. The molecule has 1 aliphatic carbocycles. The lowest BCUT2D eigenvalue weighted by Crippen LogP contribution is -2.36. The van der Waals surface area contributed by atoms with Crippen LogP contribution < -0.4 is 10.6 Å². The standard InChI is InChI=1S/C15H15Cl2N3O2/c16-10-1-2-12(14(17)6-10)13-5-9(13)7-18-15(21)19-8-11-3-4-22-20-11/h1-4,6,9,13H,5,7-8H2,(H2,18,19,21)/t9-,13+/m0/s1. The van der Waals surface area contributed by atoms with Gasteiger partial charge in [-0.15, -0.1) is 0 Å². The van der Waals surface area contributed by atoms with Gasteiger partial charge in [0.05, 0.1) is 6.54 Å². The Kier molecular flexibility index (Phi) is 4.55. The maximum atomic E-state index is 11.7. The third kappa shape index (κ3) is 3.72. The first-order valence-corrected chi connectivity index (χ1v) is 7.75. The van der Waals surface area contributed by atoms with Crippen LogP contribution in [0.1, 0.15) is 23.6 Å². The van der Waals surface area contributed by atoms with Gasteiger partial charge >= 0.3 is 6.03 Å². The van der Waals surface area contributed by atoms with Crippen LogP contribution in [0.4, 0.5) is 4.79 Å². The van der Waals surface area contributed by atoms with Crippen molar-refractivity contribution in [2.24, 2.45) is 5.92 Å². The van der Waals surface area contributed by atoms with Crippen LogP contribution in [0.25, 0.3) is 0 Å². The van der Waals surface area contributed by atoms with Gasteiger partial charge in [-0.25, -0.2) is 4.79 Å². The molecule has 0 aliphatic heterocycles. The molecular weight excluding hydrogens is 325 g/mol. The SMILES string of the molecule is O=C(NCc1ccon1)NC[C@@H]1C[C@H]1c1ccc(Cl)cc1Cl. The maximum Gasteiger partial charge on any atom is 0.315 e. The van der Waals surface area contributed by atoms with Crippen LogP contribution in [0.15, 0.2) is 35.1 Å². The number of urea groups is 1. The second-order valence-corrected chi connectivity index (χ2v) is 6.17. The Balaban J connectivity index is 1.42. The summed E-state index contributed by atoms with van der Waals surface area (Å²) < 4.78 is 4.69. The summed E-state index contributed by atoms with van der Waals surface area (Å²) in [6.07, 6.45) is 2.49. The predicted octanol–water partition coefficient (Wildman–Crippen LogP) is 3.58. The van der Waals surface area contributed by atoms with Gasteiger partial charge in [0.25, 0.3) is 0 Å². The van der Waals surface area contributed by atoms with Crippen molar-refractivity contribution in [2.75, 3.05) is 6.54 Å². The molecule has 0 radical (unpaired) electrons. The van der Waals surface area contributed by atoms with Gasteiger partial charge in [0.1, 0.15) is 12.0 Å². The van der Waals surface area contributed by atoms with Gasteiger partial charge in [-0.1, -0.05) is 34.4 Å². The van der Waals surface area contributed by atoms with Gasteiger partial charge in [0, 0.05) is 22.7 Å². The average molecular weight is 340 g/mol. The number of nitrogens with zero attached hydrogens (tertiary/aromatic N) is 1. The van der Waals surface area contributed by atoms with Gasteiger partial charge in [-0.05, 0) is 36.0 Å². The highest BCUT2D eigenvalue weighted by Gasteiger charge is 2.39. The molecular formula is C15H15Cl2N3O2. The number of amides is 2. The van der Waals surface area contributed by atoms with E-state index in [4.69, 9.17) is 27.7 Å². The molecule has 2 amide bonds. The summed E-state index contributed by atoms with van der Waals surface area (Å²) in [5, 5.41) is 10.6. The molecule has 116 valence electrons. The highest BCUT2D eigenvalue weighted by molar-refractivity contribution is 6.35. The zero-order valence-corrected chi connectivity index (χ0v) is 13.2. The summed E-state index contributed by atoms with van der Waals surface area (Å²) >= 11 is 12.1. The van der Waals surface area contributed by atoms with E-state index in [0.717, 1.165) is 12.0 Å². The summed E-state index contributed by atoms with van der Waals surface area (Å²) in [6.45, 7) is 0.966. The van der Waals surface area contributed by atoms with Crippen LogP contribution in [0, 0.1) is 5.92 Å². The second kappa shape index (κ2) is 6.58. The number of halogens is 2. The first kappa shape index (κ1) is 15.2. The van der Waals surface area contributed by atoms with Crippen molar-refractivity contribution >= 4 is 29.2 Å². The lowest BCUT2D eigenvalue weighted by molar-refractivity contribution is 0.239. The molecule has 5 nitrogen and oxygen atoms in total. The fraction of sp³-hybridized carbons (Fsp3) is 0.333. The number of benzene rings is 1. The summed E-state index contributed by atoms with van der Waals surface area (Å²) in [4.78, 5) is 11.7. The van der Waals surface area contributed by atoms with Crippen molar-refractivity contribution in [1.29, 1.82) is 0 Å². The monoisotopic (exact) mass is 339 g/mol. The molecule has 1 fully saturated rings. The van der Waals surface area contributed by atoms with Crippen molar-refractivity contribution < 1.29 is 9.32 Å². The number of carbonyl (C=O) groups excluding carboxylic acids is 1. The first-order chi connectivity index (χ1) is 10.6. The number of hydrogen-bond acceptors (Lipinski definition) is 3. The van der Waals surface area contributed by atoms with Gasteiger partial charge in [0.15, 0.2) is 0 Å². The fourth-order valence-electron chi connectivity index (χ4n) is 2.44. The smallest absolute Gasteiger partial charge is 0.315 e. The molecule has 2 N–H and O–H groups in total. The van der Waals surface area contributed by atoms with Crippen molar-refractivity contribution in [3.05, 3.63) is 51.8 Å². The lowest BCUT2D eigenvalue weighted by Gasteiger charge is -2.07. The maximum absolute atomic E-state index is 11.7. The molecule has 2 atom stereocenters. The minimum Gasteiger partial charge on any atom is -0.364 e. The number of aromatic nitrogens is 1. The van der Waals surface area contributed by atoms with Crippen molar-refractivity contribution in [1.82, 2.24) is 15.8 Å². The minimum absolute atomic E-state index is 0.212. The van der Waals surface area contributed by atoms with Crippen LogP contribution in [0.3, 0.4) is 0 Å². The molecule has 3 rings (SSSR count). The normalized spacial score (nSPS) is 19.7. The Morgan fingerprint density at radius 2 is 2.18 bits per heavy atom. The third-order valence-corrected chi connectivity index (χ3v) is 4.29. The van der Waals surface area contributed by atoms with E-state index in [1.54, 1.807) is 12.1 Å². The highest BCUT2D eigenvalue weighted by atomic mass is 35.5. The fourth-order valence-corrected chi connectivity index (χ4v) is 2.99. The molecule has 1 aromatic carbocycles. The summed E-state index contributed by atoms with van der Waals surface area (Å²) in [7, 11) is 0. The predicted molar refractivity (Wildman–Crippen MR) is 84.1 cm³/mol. The van der Waals surface area contributed by atoms with E-state index in [1.807, 2.05) is 12.1 Å². The highest BCUT2D eigenvalue weighted by Crippen LogP contribution is 2.49. The topological polar surface area (TPSA) is 67.2 Å². The summed E-state index contributed by atoms with van der Waals surface area (Å²) in [5.74, 6) is 0.803. The van der Waals surface area contributed by atoms with Gasteiger partial charge in [-0.3, -0.25) is 0 Å². The zero-order valence-electron chi connectivity index (χ0n) is 11.7. The van der Waals surface area contributed by atoms with E-state index in [-0.39, 0.29) is 6.03 Å². The molecule has 7 heteroatoms. The van der Waals surface area contributed by atoms with Gasteiger partial charge < -0.3 is 15.2 Å². The van der Waals surface area contributed by atoms with Crippen LogP contribution in [-0.4, -0.2) is 17.7 Å². The molecule has 1 aliphatic rings. The number of carbonyl (C=O) groups is 1. The molecule has 1 saturated carbocycles.